The molecule has 3 aromatic rings. The summed E-state index contributed by atoms with van der Waals surface area (Å²) in [6.45, 7) is 1.76. The van der Waals surface area contributed by atoms with Crippen molar-refractivity contribution in [2.45, 2.75) is 17.7 Å². The van der Waals surface area contributed by atoms with Gasteiger partial charge in [0.25, 0.3) is 11.8 Å². The highest BCUT2D eigenvalue weighted by molar-refractivity contribution is 8.00. The number of rotatable bonds is 3. The van der Waals surface area contributed by atoms with Crippen molar-refractivity contribution in [2.75, 3.05) is 25.4 Å². The molecule has 2 saturated heterocycles. The number of piperidine rings is 1. The number of benzene rings is 3. The van der Waals surface area contributed by atoms with Crippen LogP contribution in [0.25, 0.3) is 11.1 Å². The fourth-order valence-electron chi connectivity index (χ4n) is 4.77. The van der Waals surface area contributed by atoms with Crippen LogP contribution >= 0.6 is 11.8 Å². The maximum Gasteiger partial charge on any atom is 0.257 e. The molecule has 0 saturated carbocycles. The largest absolute Gasteiger partial charge is 0.338 e. The van der Waals surface area contributed by atoms with Gasteiger partial charge in [0.15, 0.2) is 0 Å². The first-order valence-corrected chi connectivity index (χ1v) is 12.2. The van der Waals surface area contributed by atoms with Gasteiger partial charge >= 0.3 is 0 Å². The Morgan fingerprint density at radius 1 is 0.758 bits per heavy atom. The van der Waals surface area contributed by atoms with Gasteiger partial charge < -0.3 is 9.80 Å². The van der Waals surface area contributed by atoms with E-state index in [2.05, 4.69) is 12.1 Å². The highest BCUT2D eigenvalue weighted by Crippen LogP contribution is 2.44. The predicted molar refractivity (Wildman–Crippen MR) is 130 cm³/mol. The van der Waals surface area contributed by atoms with Crippen molar-refractivity contribution in [2.24, 2.45) is 0 Å². The molecule has 2 aliphatic heterocycles. The first-order valence-electron chi connectivity index (χ1n) is 11.2. The molecule has 2 aliphatic rings. The maximum absolute atomic E-state index is 14.2. The lowest BCUT2D eigenvalue weighted by Gasteiger charge is -2.44. The summed E-state index contributed by atoms with van der Waals surface area (Å²) in [6, 6.07) is 24.0. The Labute approximate surface area is 197 Å². The van der Waals surface area contributed by atoms with Gasteiger partial charge in [-0.05, 0) is 48.2 Å². The smallest absolute Gasteiger partial charge is 0.257 e. The summed E-state index contributed by atoms with van der Waals surface area (Å²) in [6.07, 6.45) is 1.37. The van der Waals surface area contributed by atoms with Gasteiger partial charge in [-0.25, -0.2) is 4.39 Å². The molecule has 0 atom stereocenters. The molecule has 5 rings (SSSR count). The molecule has 3 aromatic carbocycles. The predicted octanol–water partition coefficient (Wildman–Crippen LogP) is 5.31. The van der Waals surface area contributed by atoms with E-state index in [9.17, 15) is 14.0 Å². The third kappa shape index (κ3) is 4.15. The number of hydrogen-bond donors (Lipinski definition) is 0. The molecule has 0 N–H and O–H groups in total. The van der Waals surface area contributed by atoms with Gasteiger partial charge in [-0.2, -0.15) is 0 Å². The van der Waals surface area contributed by atoms with Crippen LogP contribution < -0.4 is 0 Å². The Morgan fingerprint density at radius 2 is 1.39 bits per heavy atom. The monoisotopic (exact) mass is 460 g/mol. The van der Waals surface area contributed by atoms with Gasteiger partial charge in [-0.1, -0.05) is 54.6 Å². The number of carbonyl (C=O) groups is 2. The third-order valence-electron chi connectivity index (χ3n) is 6.60. The van der Waals surface area contributed by atoms with E-state index in [1.165, 1.54) is 6.07 Å². The molecule has 0 aromatic heterocycles. The van der Waals surface area contributed by atoms with Crippen molar-refractivity contribution < 1.29 is 14.0 Å². The minimum atomic E-state index is -0.485. The Hall–Kier alpha value is -3.12. The first-order chi connectivity index (χ1) is 16.1. The standard InChI is InChI=1S/C27H25FN2O2S/c28-24-9-5-4-8-23(24)26(32)30-18-19-33-27(30)14-16-29(17-15-27)25(31)22-12-10-21(11-13-22)20-6-2-1-3-7-20/h1-13H,14-19H2. The van der Waals surface area contributed by atoms with E-state index in [1.54, 1.807) is 30.0 Å². The molecule has 168 valence electrons. The van der Waals surface area contributed by atoms with E-state index in [0.29, 0.717) is 38.0 Å². The second kappa shape index (κ2) is 9.02. The molecule has 0 bridgehead atoms. The molecule has 6 heteroatoms. The van der Waals surface area contributed by atoms with E-state index >= 15 is 0 Å². The molecule has 0 aliphatic carbocycles. The molecule has 33 heavy (non-hydrogen) atoms. The SMILES string of the molecule is O=C(c1ccc(-c2ccccc2)cc1)N1CCC2(CC1)SCCN2C(=O)c1ccccc1F. The van der Waals surface area contributed by atoms with Crippen LogP contribution in [0.4, 0.5) is 4.39 Å². The van der Waals surface area contributed by atoms with Gasteiger partial charge in [-0.15, -0.1) is 11.8 Å². The van der Waals surface area contributed by atoms with Crippen LogP contribution in [-0.2, 0) is 0 Å². The first kappa shape index (κ1) is 21.7. The Bertz CT molecular complexity index is 1160. The summed E-state index contributed by atoms with van der Waals surface area (Å²) in [5.74, 6) is 0.102. The molecule has 0 unspecified atom stereocenters. The lowest BCUT2D eigenvalue weighted by molar-refractivity contribution is 0.0495. The average Bonchev–Trinajstić information content (AvgIpc) is 3.27. The second-order valence-corrected chi connectivity index (χ2v) is 9.92. The van der Waals surface area contributed by atoms with E-state index < -0.39 is 5.82 Å². The highest BCUT2D eigenvalue weighted by Gasteiger charge is 2.47. The summed E-state index contributed by atoms with van der Waals surface area (Å²) in [5.41, 5.74) is 2.99. The zero-order chi connectivity index (χ0) is 22.8. The number of thioether (sulfide) groups is 1. The van der Waals surface area contributed by atoms with Gasteiger partial charge in [0, 0.05) is 31.0 Å². The van der Waals surface area contributed by atoms with E-state index in [0.717, 1.165) is 16.9 Å². The van der Waals surface area contributed by atoms with Crippen molar-refractivity contribution in [3.05, 3.63) is 95.8 Å². The number of nitrogens with zero attached hydrogens (tertiary/aromatic N) is 2. The molecule has 2 heterocycles. The van der Waals surface area contributed by atoms with Crippen LogP contribution in [0.15, 0.2) is 78.9 Å². The summed E-state index contributed by atoms with van der Waals surface area (Å²) in [5, 5.41) is 0. The highest BCUT2D eigenvalue weighted by atomic mass is 32.2. The van der Waals surface area contributed by atoms with Crippen LogP contribution in [0, 0.1) is 5.82 Å². The molecule has 1 spiro atoms. The van der Waals surface area contributed by atoms with Gasteiger partial charge in [0.1, 0.15) is 5.82 Å². The molecule has 4 nitrogen and oxygen atoms in total. The Balaban J connectivity index is 1.27. The van der Waals surface area contributed by atoms with E-state index in [1.807, 2.05) is 52.3 Å². The zero-order valence-corrected chi connectivity index (χ0v) is 19.1. The molecular weight excluding hydrogens is 435 g/mol. The molecule has 2 amide bonds. The van der Waals surface area contributed by atoms with Crippen LogP contribution in [0.3, 0.4) is 0 Å². The van der Waals surface area contributed by atoms with Gasteiger partial charge in [-0.3, -0.25) is 9.59 Å². The average molecular weight is 461 g/mol. The lowest BCUT2D eigenvalue weighted by Crippen LogP contribution is -2.53. The lowest BCUT2D eigenvalue weighted by atomic mass is 9.99. The molecule has 2 fully saturated rings. The van der Waals surface area contributed by atoms with Crippen molar-refractivity contribution in [1.29, 1.82) is 0 Å². The number of hydrogen-bond acceptors (Lipinski definition) is 3. The normalized spacial score (nSPS) is 17.4. The van der Waals surface area contributed by atoms with Crippen molar-refractivity contribution in [3.8, 4) is 11.1 Å². The Morgan fingerprint density at radius 3 is 2.09 bits per heavy atom. The minimum absolute atomic E-state index is 0.0134. The third-order valence-corrected chi connectivity index (χ3v) is 8.15. The summed E-state index contributed by atoms with van der Waals surface area (Å²) >= 11 is 1.76. The second-order valence-electron chi connectivity index (χ2n) is 8.47. The number of carbonyl (C=O) groups excluding carboxylic acids is 2. The Kier molecular flexibility index (Phi) is 5.94. The molecular formula is C27H25FN2O2S. The number of amides is 2. The van der Waals surface area contributed by atoms with Crippen LogP contribution in [0.5, 0.6) is 0 Å². The summed E-state index contributed by atoms with van der Waals surface area (Å²) in [4.78, 5) is 29.6. The van der Waals surface area contributed by atoms with E-state index in [-0.39, 0.29) is 22.2 Å². The van der Waals surface area contributed by atoms with Gasteiger partial charge in [0.2, 0.25) is 0 Å². The maximum atomic E-state index is 14.2. The van der Waals surface area contributed by atoms with Gasteiger partial charge in [0.05, 0.1) is 10.4 Å². The van der Waals surface area contributed by atoms with Crippen LogP contribution in [-0.4, -0.2) is 51.9 Å². The van der Waals surface area contributed by atoms with Crippen molar-refractivity contribution in [1.82, 2.24) is 9.80 Å². The summed E-state index contributed by atoms with van der Waals surface area (Å²) in [7, 11) is 0. The van der Waals surface area contributed by atoms with Crippen LogP contribution in [0.1, 0.15) is 33.6 Å². The van der Waals surface area contributed by atoms with Crippen molar-refractivity contribution >= 4 is 23.6 Å². The number of halogens is 1. The quantitative estimate of drug-likeness (QED) is 0.532. The summed E-state index contributed by atoms with van der Waals surface area (Å²) < 4.78 is 14.2. The minimum Gasteiger partial charge on any atom is -0.338 e. The molecule has 0 radical (unpaired) electrons. The number of likely N-dealkylation sites (tertiary alicyclic amines) is 1. The van der Waals surface area contributed by atoms with Crippen molar-refractivity contribution in [3.63, 3.8) is 0 Å². The topological polar surface area (TPSA) is 40.6 Å². The van der Waals surface area contributed by atoms with Crippen LogP contribution in [0.2, 0.25) is 0 Å². The fourth-order valence-corrected chi connectivity index (χ4v) is 6.22. The van der Waals surface area contributed by atoms with E-state index in [4.69, 9.17) is 0 Å². The fraction of sp³-hybridized carbons (Fsp3) is 0.259. The zero-order valence-electron chi connectivity index (χ0n) is 18.2.